The van der Waals surface area contributed by atoms with E-state index in [2.05, 4.69) is 5.32 Å². The Bertz CT molecular complexity index is 1230. The van der Waals surface area contributed by atoms with Crippen molar-refractivity contribution < 1.29 is 42.6 Å². The van der Waals surface area contributed by atoms with Crippen molar-refractivity contribution in [3.63, 3.8) is 0 Å². The summed E-state index contributed by atoms with van der Waals surface area (Å²) in [4.78, 5) is 60.0. The maximum atomic E-state index is 12.3. The molecule has 1 amide bonds. The van der Waals surface area contributed by atoms with Crippen molar-refractivity contribution in [2.45, 2.75) is 26.2 Å². The zero-order valence-electron chi connectivity index (χ0n) is 20.1. The van der Waals surface area contributed by atoms with E-state index in [0.717, 1.165) is 6.42 Å². The molecule has 0 saturated carbocycles. The highest BCUT2D eigenvalue weighted by atomic mass is 16.5. The molecule has 0 radical (unpaired) electrons. The topological polar surface area (TPSA) is 138 Å². The number of rotatable bonds is 12. The van der Waals surface area contributed by atoms with E-state index in [9.17, 15) is 24.0 Å². The number of carbonyl (C=O) groups is 5. The van der Waals surface area contributed by atoms with E-state index in [0.29, 0.717) is 17.9 Å². The van der Waals surface area contributed by atoms with Crippen LogP contribution in [0.3, 0.4) is 0 Å². The quantitative estimate of drug-likeness (QED) is 0.217. The molecule has 10 heteroatoms. The minimum absolute atomic E-state index is 0.0445. The van der Waals surface area contributed by atoms with E-state index in [4.69, 9.17) is 18.6 Å². The van der Waals surface area contributed by atoms with Gasteiger partial charge in [0.25, 0.3) is 0 Å². The predicted molar refractivity (Wildman–Crippen MR) is 130 cm³/mol. The lowest BCUT2D eigenvalue weighted by molar-refractivity contribution is -0.143. The number of ether oxygens (including phenoxy) is 3. The Hall–Kier alpha value is -4.73. The van der Waals surface area contributed by atoms with Crippen LogP contribution in [0.15, 0.2) is 71.3 Å². The van der Waals surface area contributed by atoms with Gasteiger partial charge in [-0.2, -0.15) is 0 Å². The molecule has 0 aliphatic carbocycles. The molecule has 3 aromatic rings. The van der Waals surface area contributed by atoms with Gasteiger partial charge in [0.15, 0.2) is 12.4 Å². The summed E-state index contributed by atoms with van der Waals surface area (Å²) in [6, 6.07) is 14.9. The van der Waals surface area contributed by atoms with E-state index in [-0.39, 0.29) is 29.9 Å². The summed E-state index contributed by atoms with van der Waals surface area (Å²) >= 11 is 0. The van der Waals surface area contributed by atoms with Crippen LogP contribution in [0.25, 0.3) is 0 Å². The van der Waals surface area contributed by atoms with Crippen LogP contribution in [0.2, 0.25) is 0 Å². The molecule has 3 rings (SSSR count). The monoisotopic (exact) mass is 507 g/mol. The minimum atomic E-state index is -0.707. The van der Waals surface area contributed by atoms with E-state index in [1.165, 1.54) is 48.7 Å². The summed E-state index contributed by atoms with van der Waals surface area (Å²) in [6.07, 6.45) is 1.70. The molecule has 10 nitrogen and oxygen atoms in total. The van der Waals surface area contributed by atoms with Crippen molar-refractivity contribution in [2.75, 3.05) is 18.5 Å². The van der Waals surface area contributed by atoms with Crippen LogP contribution in [-0.2, 0) is 19.1 Å². The van der Waals surface area contributed by atoms with Gasteiger partial charge in [0, 0.05) is 17.7 Å². The number of hydrogen-bond donors (Lipinski definition) is 1. The van der Waals surface area contributed by atoms with Crippen LogP contribution in [0.4, 0.5) is 5.69 Å². The van der Waals surface area contributed by atoms with Gasteiger partial charge in [-0.1, -0.05) is 6.92 Å². The van der Waals surface area contributed by atoms with Crippen LogP contribution >= 0.6 is 0 Å². The Morgan fingerprint density at radius 1 is 0.811 bits per heavy atom. The van der Waals surface area contributed by atoms with Crippen molar-refractivity contribution in [1.29, 1.82) is 0 Å². The zero-order valence-corrected chi connectivity index (χ0v) is 20.1. The van der Waals surface area contributed by atoms with Gasteiger partial charge in [0.1, 0.15) is 5.75 Å². The Labute approximate surface area is 212 Å². The van der Waals surface area contributed by atoms with Gasteiger partial charge in [0.2, 0.25) is 11.7 Å². The summed E-state index contributed by atoms with van der Waals surface area (Å²) < 4.78 is 20.1. The fourth-order valence-corrected chi connectivity index (χ4v) is 2.97. The van der Waals surface area contributed by atoms with Gasteiger partial charge >= 0.3 is 17.9 Å². The second kappa shape index (κ2) is 13.4. The highest BCUT2D eigenvalue weighted by Crippen LogP contribution is 2.16. The molecule has 0 spiro atoms. The molecule has 1 N–H and O–H groups in total. The molecule has 0 unspecified atom stereocenters. The Kier molecular flexibility index (Phi) is 9.72. The molecule has 1 heterocycles. The Morgan fingerprint density at radius 3 is 2.16 bits per heavy atom. The van der Waals surface area contributed by atoms with Gasteiger partial charge in [0.05, 0.1) is 24.9 Å². The fourth-order valence-electron chi connectivity index (χ4n) is 2.97. The van der Waals surface area contributed by atoms with E-state index in [1.807, 2.05) is 6.92 Å². The summed E-state index contributed by atoms with van der Waals surface area (Å²) in [6.45, 7) is 1.72. The number of nitrogens with one attached hydrogen (secondary N) is 1. The first kappa shape index (κ1) is 26.9. The molecular formula is C27H25NO9. The highest BCUT2D eigenvalue weighted by Gasteiger charge is 2.15. The van der Waals surface area contributed by atoms with Crippen LogP contribution in [0.1, 0.15) is 57.5 Å². The predicted octanol–water partition coefficient (Wildman–Crippen LogP) is 4.21. The lowest BCUT2D eigenvalue weighted by atomic mass is 10.1. The zero-order chi connectivity index (χ0) is 26.6. The third-order valence-corrected chi connectivity index (χ3v) is 4.87. The number of benzene rings is 2. The number of esters is 3. The van der Waals surface area contributed by atoms with Crippen LogP contribution in [0, 0.1) is 0 Å². The van der Waals surface area contributed by atoms with Crippen LogP contribution in [0.5, 0.6) is 5.75 Å². The molecule has 0 aliphatic rings. The standard InChI is InChI=1S/C27H25NO9/c1-2-15-35-26(32)19-5-9-20(10-6-19)28-24(30)13-14-25(31)36-17-22(29)18-7-11-21(12-8-18)37-27(33)23-4-3-16-34-23/h3-12,16H,2,13-15,17H2,1H3,(H,28,30). The third kappa shape index (κ3) is 8.46. The molecule has 1 aromatic heterocycles. The molecule has 0 aliphatic heterocycles. The van der Waals surface area contributed by atoms with Crippen molar-refractivity contribution >= 4 is 35.3 Å². The number of ketones is 1. The number of hydrogen-bond acceptors (Lipinski definition) is 9. The summed E-state index contributed by atoms with van der Waals surface area (Å²) in [5.74, 6) is -2.45. The summed E-state index contributed by atoms with van der Waals surface area (Å²) in [5, 5.41) is 2.62. The molecule has 0 saturated heterocycles. The van der Waals surface area contributed by atoms with E-state index in [1.54, 1.807) is 18.2 Å². The average Bonchev–Trinajstić information content (AvgIpc) is 3.45. The van der Waals surface area contributed by atoms with Crippen molar-refractivity contribution in [2.24, 2.45) is 0 Å². The fraction of sp³-hybridized carbons (Fsp3) is 0.222. The van der Waals surface area contributed by atoms with E-state index < -0.39 is 36.2 Å². The molecule has 0 atom stereocenters. The second-order valence-electron chi connectivity index (χ2n) is 7.74. The molecule has 0 bridgehead atoms. The summed E-state index contributed by atoms with van der Waals surface area (Å²) in [7, 11) is 0. The van der Waals surface area contributed by atoms with Gasteiger partial charge < -0.3 is 23.9 Å². The van der Waals surface area contributed by atoms with Crippen molar-refractivity contribution in [1.82, 2.24) is 0 Å². The summed E-state index contributed by atoms with van der Waals surface area (Å²) in [5.41, 5.74) is 1.08. The van der Waals surface area contributed by atoms with Gasteiger partial charge in [-0.05, 0) is 67.1 Å². The maximum Gasteiger partial charge on any atom is 0.379 e. The first-order valence-electron chi connectivity index (χ1n) is 11.5. The molecule has 37 heavy (non-hydrogen) atoms. The molecule has 2 aromatic carbocycles. The number of furan rings is 1. The minimum Gasteiger partial charge on any atom is -0.462 e. The molecule has 192 valence electrons. The first-order valence-corrected chi connectivity index (χ1v) is 11.5. The largest absolute Gasteiger partial charge is 0.462 e. The third-order valence-electron chi connectivity index (χ3n) is 4.87. The van der Waals surface area contributed by atoms with Crippen molar-refractivity contribution in [3.8, 4) is 5.75 Å². The molecule has 0 fully saturated rings. The Balaban J connectivity index is 1.37. The lowest BCUT2D eigenvalue weighted by Gasteiger charge is -2.08. The molecular weight excluding hydrogens is 482 g/mol. The number of amides is 1. The van der Waals surface area contributed by atoms with Crippen molar-refractivity contribution in [3.05, 3.63) is 83.8 Å². The number of anilines is 1. The van der Waals surface area contributed by atoms with E-state index >= 15 is 0 Å². The van der Waals surface area contributed by atoms with Gasteiger partial charge in [-0.15, -0.1) is 0 Å². The van der Waals surface area contributed by atoms with Crippen LogP contribution in [-0.4, -0.2) is 42.8 Å². The number of Topliss-reactive ketones (excluding diaryl/α,β-unsaturated/α-hetero) is 1. The van der Waals surface area contributed by atoms with Gasteiger partial charge in [-0.25, -0.2) is 9.59 Å². The average molecular weight is 507 g/mol. The Morgan fingerprint density at radius 2 is 1.51 bits per heavy atom. The lowest BCUT2D eigenvalue weighted by Crippen LogP contribution is -2.17. The SMILES string of the molecule is CCCOC(=O)c1ccc(NC(=O)CCC(=O)OCC(=O)c2ccc(OC(=O)c3ccco3)cc2)cc1. The highest BCUT2D eigenvalue weighted by molar-refractivity contribution is 5.98. The van der Waals surface area contributed by atoms with Crippen LogP contribution < -0.4 is 10.1 Å². The number of carbonyl (C=O) groups excluding carboxylic acids is 5. The normalized spacial score (nSPS) is 10.3. The smallest absolute Gasteiger partial charge is 0.379 e. The maximum absolute atomic E-state index is 12.3. The van der Waals surface area contributed by atoms with Gasteiger partial charge in [-0.3, -0.25) is 14.4 Å². The second-order valence-corrected chi connectivity index (χ2v) is 7.74. The first-order chi connectivity index (χ1) is 17.9.